The van der Waals surface area contributed by atoms with Crippen molar-refractivity contribution in [1.82, 2.24) is 20.4 Å². The summed E-state index contributed by atoms with van der Waals surface area (Å²) in [4.78, 5) is 12.0. The zero-order chi connectivity index (χ0) is 15.4. The molecule has 1 fully saturated rings. The Bertz CT molecular complexity index is 487. The highest BCUT2D eigenvalue weighted by molar-refractivity contribution is 5.76. The van der Waals surface area contributed by atoms with Crippen molar-refractivity contribution < 1.29 is 4.79 Å². The van der Waals surface area contributed by atoms with Crippen molar-refractivity contribution in [2.75, 3.05) is 13.1 Å². The predicted octanol–water partition coefficient (Wildman–Crippen LogP) is 1.57. The number of hydrogen-bond donors (Lipinski definition) is 2. The van der Waals surface area contributed by atoms with Gasteiger partial charge in [-0.2, -0.15) is 5.10 Å². The van der Waals surface area contributed by atoms with Gasteiger partial charge in [0.05, 0.1) is 5.69 Å². The number of carbonyl (C=O) groups is 1. The molecule has 21 heavy (non-hydrogen) atoms. The van der Waals surface area contributed by atoms with Gasteiger partial charge in [-0.1, -0.05) is 13.8 Å². The van der Waals surface area contributed by atoms with Crippen LogP contribution in [0.2, 0.25) is 0 Å². The molecule has 2 N–H and O–H groups in total. The van der Waals surface area contributed by atoms with E-state index in [9.17, 15) is 4.79 Å². The van der Waals surface area contributed by atoms with Crippen LogP contribution in [0.1, 0.15) is 43.6 Å². The minimum absolute atomic E-state index is 0.152. The Morgan fingerprint density at radius 1 is 1.48 bits per heavy atom. The second kappa shape index (κ2) is 7.07. The highest BCUT2D eigenvalue weighted by atomic mass is 16.1. The van der Waals surface area contributed by atoms with Gasteiger partial charge >= 0.3 is 0 Å². The quantitative estimate of drug-likeness (QED) is 0.836. The molecule has 1 atom stereocenters. The third-order valence-corrected chi connectivity index (χ3v) is 4.10. The lowest BCUT2D eigenvalue weighted by atomic mass is 10.1. The molecule has 0 aromatic carbocycles. The van der Waals surface area contributed by atoms with Gasteiger partial charge < -0.3 is 10.6 Å². The minimum Gasteiger partial charge on any atom is -0.352 e. The summed E-state index contributed by atoms with van der Waals surface area (Å²) in [5, 5.41) is 11.0. The van der Waals surface area contributed by atoms with E-state index in [-0.39, 0.29) is 5.91 Å². The van der Waals surface area contributed by atoms with Crippen molar-refractivity contribution in [3.05, 3.63) is 17.0 Å². The normalized spacial score (nSPS) is 18.4. The fourth-order valence-electron chi connectivity index (χ4n) is 2.94. The lowest BCUT2D eigenvalue weighted by Crippen LogP contribution is -2.36. The maximum Gasteiger partial charge on any atom is 0.220 e. The molecule has 0 bridgehead atoms. The van der Waals surface area contributed by atoms with Gasteiger partial charge in [-0.05, 0) is 44.7 Å². The van der Waals surface area contributed by atoms with Crippen molar-refractivity contribution >= 4 is 5.91 Å². The van der Waals surface area contributed by atoms with Crippen molar-refractivity contribution in [2.45, 2.75) is 59.5 Å². The fraction of sp³-hybridized carbons (Fsp3) is 0.750. The summed E-state index contributed by atoms with van der Waals surface area (Å²) in [5.74, 6) is 0.730. The van der Waals surface area contributed by atoms with Crippen LogP contribution in [0.5, 0.6) is 0 Å². The van der Waals surface area contributed by atoms with Gasteiger partial charge in [0, 0.05) is 31.2 Å². The second-order valence-corrected chi connectivity index (χ2v) is 6.48. The Morgan fingerprint density at radius 3 is 2.86 bits per heavy atom. The summed E-state index contributed by atoms with van der Waals surface area (Å²) >= 11 is 0. The molecule has 5 heteroatoms. The Kier molecular flexibility index (Phi) is 5.39. The van der Waals surface area contributed by atoms with Crippen molar-refractivity contribution in [2.24, 2.45) is 5.92 Å². The number of hydrogen-bond acceptors (Lipinski definition) is 3. The highest BCUT2D eigenvalue weighted by Crippen LogP contribution is 2.16. The monoisotopic (exact) mass is 292 g/mol. The molecule has 1 unspecified atom stereocenters. The maximum atomic E-state index is 12.0. The van der Waals surface area contributed by atoms with E-state index in [0.717, 1.165) is 38.2 Å². The van der Waals surface area contributed by atoms with Gasteiger partial charge in [0.25, 0.3) is 0 Å². The predicted molar refractivity (Wildman–Crippen MR) is 84.3 cm³/mol. The van der Waals surface area contributed by atoms with E-state index in [0.29, 0.717) is 18.4 Å². The molecule has 5 nitrogen and oxygen atoms in total. The molecule has 118 valence electrons. The molecular formula is C16H28N4O. The highest BCUT2D eigenvalue weighted by Gasteiger charge is 2.18. The molecule has 1 amide bonds. The minimum atomic E-state index is 0.152. The van der Waals surface area contributed by atoms with Crippen molar-refractivity contribution in [3.63, 3.8) is 0 Å². The first-order valence-corrected chi connectivity index (χ1v) is 8.00. The number of aryl methyl sites for hydroxylation is 1. The van der Waals surface area contributed by atoms with Gasteiger partial charge in [0.2, 0.25) is 5.91 Å². The van der Waals surface area contributed by atoms with Gasteiger partial charge in [0.1, 0.15) is 0 Å². The van der Waals surface area contributed by atoms with E-state index in [1.54, 1.807) is 0 Å². The Balaban J connectivity index is 1.90. The molecule has 2 rings (SSSR count). The summed E-state index contributed by atoms with van der Waals surface area (Å²) in [5.41, 5.74) is 3.50. The van der Waals surface area contributed by atoms with Crippen LogP contribution in [-0.2, 0) is 17.8 Å². The third kappa shape index (κ3) is 4.30. The molecule has 2 heterocycles. The average molecular weight is 292 g/mol. The van der Waals surface area contributed by atoms with E-state index in [1.807, 2.05) is 6.92 Å². The topological polar surface area (TPSA) is 59.0 Å². The molecule has 0 spiro atoms. The summed E-state index contributed by atoms with van der Waals surface area (Å²) in [6.07, 6.45) is 2.36. The van der Waals surface area contributed by atoms with Gasteiger partial charge in [0.15, 0.2) is 0 Å². The molecule has 1 aromatic heterocycles. The van der Waals surface area contributed by atoms with Crippen LogP contribution in [0.25, 0.3) is 0 Å². The fourth-order valence-corrected chi connectivity index (χ4v) is 2.94. The number of nitrogens with zero attached hydrogens (tertiary/aromatic N) is 2. The lowest BCUT2D eigenvalue weighted by molar-refractivity contribution is -0.121. The summed E-state index contributed by atoms with van der Waals surface area (Å²) in [6, 6.07) is 0.309. The number of amides is 1. The number of carbonyl (C=O) groups excluding carboxylic acids is 1. The van der Waals surface area contributed by atoms with Crippen LogP contribution in [0.4, 0.5) is 0 Å². The molecular weight excluding hydrogens is 264 g/mol. The van der Waals surface area contributed by atoms with Crippen LogP contribution >= 0.6 is 0 Å². The van der Waals surface area contributed by atoms with E-state index < -0.39 is 0 Å². The largest absolute Gasteiger partial charge is 0.352 e. The van der Waals surface area contributed by atoms with Crippen LogP contribution < -0.4 is 10.6 Å². The SMILES string of the molecule is Cc1nn(CC(C)C)c(C)c1CCC(=O)NC1CCNC1. The Labute approximate surface area is 127 Å². The average Bonchev–Trinajstić information content (AvgIpc) is 2.97. The maximum absolute atomic E-state index is 12.0. The van der Waals surface area contributed by atoms with Crippen molar-refractivity contribution in [3.8, 4) is 0 Å². The van der Waals surface area contributed by atoms with E-state index >= 15 is 0 Å². The molecule has 1 aliphatic rings. The van der Waals surface area contributed by atoms with Crippen LogP contribution in [0, 0.1) is 19.8 Å². The second-order valence-electron chi connectivity index (χ2n) is 6.48. The summed E-state index contributed by atoms with van der Waals surface area (Å²) in [7, 11) is 0. The van der Waals surface area contributed by atoms with Gasteiger partial charge in [-0.15, -0.1) is 0 Å². The zero-order valence-corrected chi connectivity index (χ0v) is 13.7. The standard InChI is InChI=1S/C16H28N4O/c1-11(2)10-20-13(4)15(12(3)19-20)5-6-16(21)18-14-7-8-17-9-14/h11,14,17H,5-10H2,1-4H3,(H,18,21). The van der Waals surface area contributed by atoms with Crippen LogP contribution in [0.3, 0.4) is 0 Å². The Morgan fingerprint density at radius 2 is 2.24 bits per heavy atom. The summed E-state index contributed by atoms with van der Waals surface area (Å²) < 4.78 is 2.08. The van der Waals surface area contributed by atoms with E-state index in [1.165, 1.54) is 11.3 Å². The molecule has 1 aliphatic heterocycles. The third-order valence-electron chi connectivity index (χ3n) is 4.10. The van der Waals surface area contributed by atoms with E-state index in [4.69, 9.17) is 0 Å². The van der Waals surface area contributed by atoms with Gasteiger partial charge in [-0.25, -0.2) is 0 Å². The molecule has 1 saturated heterocycles. The first-order valence-electron chi connectivity index (χ1n) is 8.00. The summed E-state index contributed by atoms with van der Waals surface area (Å²) in [6.45, 7) is 11.4. The van der Waals surface area contributed by atoms with E-state index in [2.05, 4.69) is 41.2 Å². The number of nitrogens with one attached hydrogen (secondary N) is 2. The lowest BCUT2D eigenvalue weighted by Gasteiger charge is -2.11. The molecule has 0 saturated carbocycles. The number of aromatic nitrogens is 2. The van der Waals surface area contributed by atoms with Crippen LogP contribution in [-0.4, -0.2) is 34.8 Å². The van der Waals surface area contributed by atoms with Crippen LogP contribution in [0.15, 0.2) is 0 Å². The first-order chi connectivity index (χ1) is 9.97. The Hall–Kier alpha value is -1.36. The first kappa shape index (κ1) is 16.0. The molecule has 0 aliphatic carbocycles. The van der Waals surface area contributed by atoms with Crippen molar-refractivity contribution in [1.29, 1.82) is 0 Å². The molecule has 0 radical (unpaired) electrons. The zero-order valence-electron chi connectivity index (χ0n) is 13.7. The molecule has 1 aromatic rings. The smallest absolute Gasteiger partial charge is 0.220 e. The van der Waals surface area contributed by atoms with Gasteiger partial charge in [-0.3, -0.25) is 9.48 Å². The number of rotatable bonds is 6.